The Morgan fingerprint density at radius 3 is 2.50 bits per heavy atom. The van der Waals surface area contributed by atoms with Gasteiger partial charge in [0.25, 0.3) is 0 Å². The number of benzene rings is 1. The minimum atomic E-state index is -3.62. The van der Waals surface area contributed by atoms with Gasteiger partial charge in [-0.1, -0.05) is 0 Å². The monoisotopic (exact) mass is 373 g/mol. The van der Waals surface area contributed by atoms with E-state index < -0.39 is 10.0 Å². The standard InChI is InChI=1S/C17H19N5O3S/c1-12-10-16(21-20-12)19-17(23)14-6-8-22(9-7-14)26(24,25)15-4-2-13(11-18)3-5-15/h2-5,10,14H,6-9H2,1H3,(H2,19,20,21,23). The molecule has 0 aliphatic carbocycles. The Bertz CT molecular complexity index is 936. The molecule has 9 heteroatoms. The summed E-state index contributed by atoms with van der Waals surface area (Å²) in [5.41, 5.74) is 1.26. The van der Waals surface area contributed by atoms with Crippen LogP contribution >= 0.6 is 0 Å². The second-order valence-corrected chi connectivity index (χ2v) is 8.18. The highest BCUT2D eigenvalue weighted by atomic mass is 32.2. The van der Waals surface area contributed by atoms with E-state index in [4.69, 9.17) is 5.26 Å². The smallest absolute Gasteiger partial charge is 0.243 e. The fourth-order valence-electron chi connectivity index (χ4n) is 2.92. The van der Waals surface area contributed by atoms with Crippen molar-refractivity contribution in [2.75, 3.05) is 18.4 Å². The van der Waals surface area contributed by atoms with E-state index in [2.05, 4.69) is 15.5 Å². The molecule has 0 radical (unpaired) electrons. The van der Waals surface area contributed by atoms with Crippen LogP contribution in [0.2, 0.25) is 0 Å². The van der Waals surface area contributed by atoms with E-state index in [-0.39, 0.29) is 29.8 Å². The Hall–Kier alpha value is -2.70. The summed E-state index contributed by atoms with van der Waals surface area (Å²) in [7, 11) is -3.62. The molecule has 8 nitrogen and oxygen atoms in total. The molecule has 1 aromatic carbocycles. The van der Waals surface area contributed by atoms with Crippen LogP contribution in [0.4, 0.5) is 5.82 Å². The molecule has 3 rings (SSSR count). The van der Waals surface area contributed by atoms with Crippen LogP contribution in [0.25, 0.3) is 0 Å². The summed E-state index contributed by atoms with van der Waals surface area (Å²) >= 11 is 0. The van der Waals surface area contributed by atoms with Crippen molar-refractivity contribution in [1.82, 2.24) is 14.5 Å². The summed E-state index contributed by atoms with van der Waals surface area (Å²) in [5.74, 6) is 0.0754. The van der Waals surface area contributed by atoms with E-state index in [1.807, 2.05) is 13.0 Å². The van der Waals surface area contributed by atoms with Gasteiger partial charge in [-0.2, -0.15) is 14.7 Å². The third-order valence-electron chi connectivity index (χ3n) is 4.40. The number of nitriles is 1. The SMILES string of the molecule is Cc1cc(NC(=O)C2CCN(S(=O)(=O)c3ccc(C#N)cc3)CC2)n[nH]1. The van der Waals surface area contributed by atoms with Crippen LogP contribution in [0.1, 0.15) is 24.1 Å². The molecule has 0 saturated carbocycles. The van der Waals surface area contributed by atoms with Crippen LogP contribution in [-0.4, -0.2) is 41.9 Å². The van der Waals surface area contributed by atoms with Crippen LogP contribution in [-0.2, 0) is 14.8 Å². The lowest BCUT2D eigenvalue weighted by Gasteiger charge is -2.30. The molecule has 1 saturated heterocycles. The molecule has 0 bridgehead atoms. The fraction of sp³-hybridized carbons (Fsp3) is 0.353. The number of nitrogens with zero attached hydrogens (tertiary/aromatic N) is 3. The minimum absolute atomic E-state index is 0.146. The van der Waals surface area contributed by atoms with Crippen molar-refractivity contribution in [1.29, 1.82) is 5.26 Å². The van der Waals surface area contributed by atoms with Gasteiger partial charge in [0.15, 0.2) is 5.82 Å². The number of carbonyl (C=O) groups excluding carboxylic acids is 1. The van der Waals surface area contributed by atoms with Crippen molar-refractivity contribution in [3.63, 3.8) is 0 Å². The number of aromatic amines is 1. The van der Waals surface area contributed by atoms with Gasteiger partial charge in [-0.05, 0) is 44.0 Å². The van der Waals surface area contributed by atoms with Crippen molar-refractivity contribution in [2.24, 2.45) is 5.92 Å². The molecule has 1 fully saturated rings. The third kappa shape index (κ3) is 3.76. The number of piperidine rings is 1. The maximum absolute atomic E-state index is 12.7. The van der Waals surface area contributed by atoms with Crippen molar-refractivity contribution in [3.05, 3.63) is 41.6 Å². The average Bonchev–Trinajstić information content (AvgIpc) is 3.06. The molecule has 0 unspecified atom stereocenters. The Labute approximate surface area is 151 Å². The number of aromatic nitrogens is 2. The van der Waals surface area contributed by atoms with Gasteiger partial charge in [0.2, 0.25) is 15.9 Å². The number of nitrogens with one attached hydrogen (secondary N) is 2. The Balaban J connectivity index is 1.62. The molecule has 2 aromatic rings. The molecule has 0 atom stereocenters. The Kier molecular flexibility index (Phi) is 5.06. The average molecular weight is 373 g/mol. The number of rotatable bonds is 4. The molecule has 26 heavy (non-hydrogen) atoms. The van der Waals surface area contributed by atoms with Gasteiger partial charge in [-0.25, -0.2) is 8.42 Å². The van der Waals surface area contributed by atoms with Crippen LogP contribution < -0.4 is 5.32 Å². The predicted octanol–water partition coefficient (Wildman–Crippen LogP) is 1.63. The van der Waals surface area contributed by atoms with Gasteiger partial charge in [0, 0.05) is 30.8 Å². The summed E-state index contributed by atoms with van der Waals surface area (Å²) in [4.78, 5) is 12.5. The molecule has 136 valence electrons. The molecule has 1 amide bonds. The van der Waals surface area contributed by atoms with Crippen molar-refractivity contribution in [3.8, 4) is 6.07 Å². The molecule has 1 aliphatic rings. The molecule has 2 N–H and O–H groups in total. The molecule has 1 aromatic heterocycles. The van der Waals surface area contributed by atoms with E-state index in [1.54, 1.807) is 6.07 Å². The number of H-pyrrole nitrogens is 1. The van der Waals surface area contributed by atoms with Crippen LogP contribution in [0.5, 0.6) is 0 Å². The second-order valence-electron chi connectivity index (χ2n) is 6.24. The number of amides is 1. The van der Waals surface area contributed by atoms with Crippen molar-refractivity contribution >= 4 is 21.7 Å². The highest BCUT2D eigenvalue weighted by Gasteiger charge is 2.32. The van der Waals surface area contributed by atoms with E-state index in [0.29, 0.717) is 24.2 Å². The summed E-state index contributed by atoms with van der Waals surface area (Å²) in [6.45, 7) is 2.40. The van der Waals surface area contributed by atoms with Crippen LogP contribution in [0.3, 0.4) is 0 Å². The normalized spacial score (nSPS) is 16.2. The van der Waals surface area contributed by atoms with Crippen molar-refractivity contribution < 1.29 is 13.2 Å². The molecule has 2 heterocycles. The number of anilines is 1. The molecule has 1 aliphatic heterocycles. The van der Waals surface area contributed by atoms with Crippen LogP contribution in [0, 0.1) is 24.2 Å². The fourth-order valence-corrected chi connectivity index (χ4v) is 4.39. The molecular weight excluding hydrogens is 354 g/mol. The quantitative estimate of drug-likeness (QED) is 0.844. The van der Waals surface area contributed by atoms with Crippen LogP contribution in [0.15, 0.2) is 35.2 Å². The zero-order chi connectivity index (χ0) is 18.7. The number of carbonyl (C=O) groups is 1. The largest absolute Gasteiger partial charge is 0.309 e. The first kappa shape index (κ1) is 18.1. The number of aryl methyl sites for hydroxylation is 1. The Morgan fingerprint density at radius 1 is 1.31 bits per heavy atom. The lowest BCUT2D eigenvalue weighted by molar-refractivity contribution is -0.120. The summed E-state index contributed by atoms with van der Waals surface area (Å²) in [5, 5.41) is 18.3. The van der Waals surface area contributed by atoms with Gasteiger partial charge < -0.3 is 5.32 Å². The lowest BCUT2D eigenvalue weighted by atomic mass is 9.97. The second kappa shape index (κ2) is 7.27. The van der Waals surface area contributed by atoms with Gasteiger partial charge in [0.05, 0.1) is 16.5 Å². The highest BCUT2D eigenvalue weighted by Crippen LogP contribution is 2.25. The summed E-state index contributed by atoms with van der Waals surface area (Å²) < 4.78 is 26.8. The first-order chi connectivity index (χ1) is 12.4. The van der Waals surface area contributed by atoms with Crippen molar-refractivity contribution in [2.45, 2.75) is 24.7 Å². The number of sulfonamides is 1. The summed E-state index contributed by atoms with van der Waals surface area (Å²) in [6.07, 6.45) is 0.898. The number of hydrogen-bond donors (Lipinski definition) is 2. The zero-order valence-corrected chi connectivity index (χ0v) is 15.1. The van der Waals surface area contributed by atoms with Gasteiger partial charge in [-0.3, -0.25) is 9.89 Å². The van der Waals surface area contributed by atoms with E-state index in [0.717, 1.165) is 5.69 Å². The third-order valence-corrected chi connectivity index (χ3v) is 6.32. The topological polar surface area (TPSA) is 119 Å². The maximum Gasteiger partial charge on any atom is 0.243 e. The Morgan fingerprint density at radius 2 is 1.96 bits per heavy atom. The zero-order valence-electron chi connectivity index (χ0n) is 14.3. The lowest BCUT2D eigenvalue weighted by Crippen LogP contribution is -2.41. The van der Waals surface area contributed by atoms with Gasteiger partial charge >= 0.3 is 0 Å². The predicted molar refractivity (Wildman–Crippen MR) is 94.6 cm³/mol. The maximum atomic E-state index is 12.7. The summed E-state index contributed by atoms with van der Waals surface area (Å²) in [6, 6.07) is 9.55. The van der Waals surface area contributed by atoms with E-state index in [1.165, 1.54) is 28.6 Å². The highest BCUT2D eigenvalue weighted by molar-refractivity contribution is 7.89. The van der Waals surface area contributed by atoms with E-state index >= 15 is 0 Å². The molecule has 0 spiro atoms. The van der Waals surface area contributed by atoms with E-state index in [9.17, 15) is 13.2 Å². The minimum Gasteiger partial charge on any atom is -0.309 e. The molecular formula is C17H19N5O3S. The van der Waals surface area contributed by atoms with Gasteiger partial charge in [-0.15, -0.1) is 0 Å². The van der Waals surface area contributed by atoms with Gasteiger partial charge in [0.1, 0.15) is 0 Å². The number of hydrogen-bond acceptors (Lipinski definition) is 5. The first-order valence-electron chi connectivity index (χ1n) is 8.23. The first-order valence-corrected chi connectivity index (χ1v) is 9.67.